The quantitative estimate of drug-likeness (QED) is 0.779. The molecule has 3 nitrogen and oxygen atoms in total. The Labute approximate surface area is 83.8 Å². The summed E-state index contributed by atoms with van der Waals surface area (Å²) in [5.74, 6) is 1.61. The molecule has 1 aromatic rings. The highest BCUT2D eigenvalue weighted by Gasteiger charge is 2.30. The number of rotatable bonds is 2. The highest BCUT2D eigenvalue weighted by atomic mass is 16.5. The molecule has 0 radical (unpaired) electrons. The highest BCUT2D eigenvalue weighted by molar-refractivity contribution is 5.51. The molecule has 2 atom stereocenters. The van der Waals surface area contributed by atoms with Crippen LogP contribution in [0.15, 0.2) is 18.2 Å². The Bertz CT molecular complexity index is 338. The fourth-order valence-corrected chi connectivity index (χ4v) is 1.70. The Kier molecular flexibility index (Phi) is 2.33. The first-order valence-electron chi connectivity index (χ1n) is 4.92. The van der Waals surface area contributed by atoms with Crippen molar-refractivity contribution in [2.24, 2.45) is 5.73 Å². The van der Waals surface area contributed by atoms with E-state index < -0.39 is 0 Å². The van der Waals surface area contributed by atoms with Crippen LogP contribution in [0.1, 0.15) is 25.5 Å². The third-order valence-electron chi connectivity index (χ3n) is 2.48. The number of hydrogen-bond acceptors (Lipinski definition) is 3. The number of fused-ring (bicyclic) bond motifs is 1. The summed E-state index contributed by atoms with van der Waals surface area (Å²) in [6.45, 7) is 4.57. The summed E-state index contributed by atoms with van der Waals surface area (Å²) >= 11 is 0. The van der Waals surface area contributed by atoms with Gasteiger partial charge in [0.05, 0.1) is 12.6 Å². The maximum atomic E-state index is 5.97. The van der Waals surface area contributed by atoms with Gasteiger partial charge in [0.2, 0.25) is 0 Å². The van der Waals surface area contributed by atoms with E-state index in [1.165, 1.54) is 0 Å². The fourth-order valence-electron chi connectivity index (χ4n) is 1.70. The highest BCUT2D eigenvalue weighted by Crippen LogP contribution is 2.41. The van der Waals surface area contributed by atoms with E-state index in [0.717, 1.165) is 17.1 Å². The molecule has 1 aliphatic heterocycles. The van der Waals surface area contributed by atoms with Crippen LogP contribution in [0.3, 0.4) is 0 Å². The van der Waals surface area contributed by atoms with E-state index in [-0.39, 0.29) is 12.1 Å². The van der Waals surface area contributed by atoms with Crippen molar-refractivity contribution in [3.63, 3.8) is 0 Å². The molecule has 1 aromatic carbocycles. The molecule has 14 heavy (non-hydrogen) atoms. The molecule has 0 amide bonds. The van der Waals surface area contributed by atoms with Gasteiger partial charge in [-0.2, -0.15) is 0 Å². The van der Waals surface area contributed by atoms with Crippen LogP contribution in [0.2, 0.25) is 0 Å². The van der Waals surface area contributed by atoms with Crippen molar-refractivity contribution in [1.82, 2.24) is 0 Å². The van der Waals surface area contributed by atoms with E-state index in [2.05, 4.69) is 0 Å². The summed E-state index contributed by atoms with van der Waals surface area (Å²) in [5, 5.41) is 0. The molecule has 0 aliphatic carbocycles. The topological polar surface area (TPSA) is 44.5 Å². The average Bonchev–Trinajstić information content (AvgIpc) is 2.46. The van der Waals surface area contributed by atoms with Gasteiger partial charge >= 0.3 is 0 Å². The first-order valence-corrected chi connectivity index (χ1v) is 4.92. The van der Waals surface area contributed by atoms with Crippen LogP contribution in [-0.4, -0.2) is 12.7 Å². The van der Waals surface area contributed by atoms with E-state index in [1.54, 1.807) is 0 Å². The zero-order chi connectivity index (χ0) is 10.1. The minimum Gasteiger partial charge on any atom is -0.490 e. The van der Waals surface area contributed by atoms with Crippen LogP contribution in [0.25, 0.3) is 0 Å². The zero-order valence-electron chi connectivity index (χ0n) is 8.49. The van der Waals surface area contributed by atoms with Gasteiger partial charge in [-0.1, -0.05) is 12.1 Å². The van der Waals surface area contributed by atoms with Gasteiger partial charge < -0.3 is 15.2 Å². The molecule has 0 spiro atoms. The Hall–Kier alpha value is -1.22. The SMILES string of the molecule is CCOc1cccc2c1OC(C)C2N. The van der Waals surface area contributed by atoms with E-state index in [4.69, 9.17) is 15.2 Å². The monoisotopic (exact) mass is 193 g/mol. The second-order valence-electron chi connectivity index (χ2n) is 3.46. The minimum absolute atomic E-state index is 0.0339. The molecule has 0 aromatic heterocycles. The number of hydrogen-bond donors (Lipinski definition) is 1. The summed E-state index contributed by atoms with van der Waals surface area (Å²) in [6.07, 6.45) is 0.0339. The third-order valence-corrected chi connectivity index (χ3v) is 2.48. The largest absolute Gasteiger partial charge is 0.490 e. The van der Waals surface area contributed by atoms with Gasteiger partial charge in [0.1, 0.15) is 6.10 Å². The number of benzene rings is 1. The van der Waals surface area contributed by atoms with Gasteiger partial charge in [0, 0.05) is 5.56 Å². The molecule has 1 heterocycles. The molecule has 3 heteroatoms. The lowest BCUT2D eigenvalue weighted by Crippen LogP contribution is -2.21. The van der Waals surface area contributed by atoms with E-state index in [0.29, 0.717) is 6.61 Å². The summed E-state index contributed by atoms with van der Waals surface area (Å²) in [4.78, 5) is 0. The second kappa shape index (κ2) is 3.50. The Morgan fingerprint density at radius 3 is 3.00 bits per heavy atom. The second-order valence-corrected chi connectivity index (χ2v) is 3.46. The van der Waals surface area contributed by atoms with Crippen molar-refractivity contribution in [3.8, 4) is 11.5 Å². The third kappa shape index (κ3) is 1.34. The van der Waals surface area contributed by atoms with Gasteiger partial charge in [-0.25, -0.2) is 0 Å². The lowest BCUT2D eigenvalue weighted by atomic mass is 10.1. The lowest BCUT2D eigenvalue weighted by molar-refractivity contribution is 0.216. The van der Waals surface area contributed by atoms with Crippen molar-refractivity contribution < 1.29 is 9.47 Å². The smallest absolute Gasteiger partial charge is 0.166 e. The van der Waals surface area contributed by atoms with Crippen LogP contribution in [0, 0.1) is 0 Å². The predicted molar refractivity (Wildman–Crippen MR) is 54.6 cm³/mol. The maximum absolute atomic E-state index is 5.97. The van der Waals surface area contributed by atoms with Crippen LogP contribution in [0.4, 0.5) is 0 Å². The van der Waals surface area contributed by atoms with Crippen LogP contribution >= 0.6 is 0 Å². The summed E-state index contributed by atoms with van der Waals surface area (Å²) in [6, 6.07) is 5.81. The molecule has 2 rings (SSSR count). The van der Waals surface area contributed by atoms with Crippen molar-refractivity contribution in [1.29, 1.82) is 0 Å². The first kappa shape index (κ1) is 9.34. The lowest BCUT2D eigenvalue weighted by Gasteiger charge is -2.09. The molecule has 0 fully saturated rings. The van der Waals surface area contributed by atoms with Gasteiger partial charge in [-0.15, -0.1) is 0 Å². The first-order chi connectivity index (χ1) is 6.74. The van der Waals surface area contributed by atoms with Crippen LogP contribution < -0.4 is 15.2 Å². The predicted octanol–water partition coefficient (Wildman–Crippen LogP) is 1.87. The number of ether oxygens (including phenoxy) is 2. The van der Waals surface area contributed by atoms with Gasteiger partial charge in [-0.05, 0) is 19.9 Å². The Balaban J connectivity index is 2.40. The standard InChI is InChI=1S/C11H15NO2/c1-3-13-9-6-4-5-8-10(12)7(2)14-11(8)9/h4-7,10H,3,12H2,1-2H3. The molecule has 0 bridgehead atoms. The number of nitrogens with two attached hydrogens (primary N) is 1. The molecular formula is C11H15NO2. The van der Waals surface area contributed by atoms with Crippen LogP contribution in [-0.2, 0) is 0 Å². The number of para-hydroxylation sites is 1. The van der Waals surface area contributed by atoms with Crippen molar-refractivity contribution >= 4 is 0 Å². The van der Waals surface area contributed by atoms with Crippen LogP contribution in [0.5, 0.6) is 11.5 Å². The minimum atomic E-state index is -0.0367. The normalized spacial score (nSPS) is 24.2. The summed E-state index contributed by atoms with van der Waals surface area (Å²) in [5.41, 5.74) is 7.02. The van der Waals surface area contributed by atoms with Crippen molar-refractivity contribution in [3.05, 3.63) is 23.8 Å². The zero-order valence-corrected chi connectivity index (χ0v) is 8.49. The molecule has 76 valence electrons. The molecule has 0 saturated heterocycles. The van der Waals surface area contributed by atoms with E-state index in [9.17, 15) is 0 Å². The van der Waals surface area contributed by atoms with Gasteiger partial charge in [-0.3, -0.25) is 0 Å². The van der Waals surface area contributed by atoms with Gasteiger partial charge in [0.15, 0.2) is 11.5 Å². The molecule has 2 unspecified atom stereocenters. The molecule has 1 aliphatic rings. The fraction of sp³-hybridized carbons (Fsp3) is 0.455. The molecular weight excluding hydrogens is 178 g/mol. The van der Waals surface area contributed by atoms with E-state index in [1.807, 2.05) is 32.0 Å². The van der Waals surface area contributed by atoms with Crippen molar-refractivity contribution in [2.45, 2.75) is 26.0 Å². The summed E-state index contributed by atoms with van der Waals surface area (Å²) < 4.78 is 11.1. The average molecular weight is 193 g/mol. The molecule has 0 saturated carbocycles. The van der Waals surface area contributed by atoms with Gasteiger partial charge in [0.25, 0.3) is 0 Å². The van der Waals surface area contributed by atoms with Crippen molar-refractivity contribution in [2.75, 3.05) is 6.61 Å². The molecule has 2 N–H and O–H groups in total. The maximum Gasteiger partial charge on any atom is 0.166 e. The summed E-state index contributed by atoms with van der Waals surface area (Å²) in [7, 11) is 0. The van der Waals surface area contributed by atoms with E-state index >= 15 is 0 Å². The Morgan fingerprint density at radius 2 is 2.29 bits per heavy atom. The Morgan fingerprint density at radius 1 is 1.50 bits per heavy atom.